The molecule has 0 radical (unpaired) electrons. The molecule has 0 aromatic rings. The standard InChI is InChI=1S/C8H13BrO2/c1-6(9)4-7-5-10-8(2,3)11-7/h7H,1,4-5H2,2-3H3/t7-/m0/s1. The number of hydrogen-bond acceptors (Lipinski definition) is 2. The zero-order valence-electron chi connectivity index (χ0n) is 6.89. The number of hydrogen-bond donors (Lipinski definition) is 0. The van der Waals surface area contributed by atoms with Gasteiger partial charge in [0.25, 0.3) is 0 Å². The molecule has 1 fully saturated rings. The van der Waals surface area contributed by atoms with Gasteiger partial charge in [0.2, 0.25) is 0 Å². The fraction of sp³-hybridized carbons (Fsp3) is 0.750. The normalized spacial score (nSPS) is 28.8. The maximum atomic E-state index is 5.55. The van der Waals surface area contributed by atoms with Crippen LogP contribution in [0.4, 0.5) is 0 Å². The molecular formula is C8H13BrO2. The van der Waals surface area contributed by atoms with Crippen molar-refractivity contribution in [2.24, 2.45) is 0 Å². The average Bonchev–Trinajstić information content (AvgIpc) is 2.08. The highest BCUT2D eigenvalue weighted by Crippen LogP contribution is 2.26. The molecule has 1 saturated heterocycles. The summed E-state index contributed by atoms with van der Waals surface area (Å²) in [4.78, 5) is 0. The van der Waals surface area contributed by atoms with Crippen LogP contribution in [-0.2, 0) is 9.47 Å². The van der Waals surface area contributed by atoms with E-state index in [0.717, 1.165) is 10.9 Å². The highest BCUT2D eigenvalue weighted by Gasteiger charge is 2.32. The topological polar surface area (TPSA) is 18.5 Å². The molecule has 0 N–H and O–H groups in total. The molecule has 0 aromatic carbocycles. The minimum atomic E-state index is -0.410. The van der Waals surface area contributed by atoms with Crippen LogP contribution in [0.5, 0.6) is 0 Å². The predicted octanol–water partition coefficient (Wildman–Crippen LogP) is 2.44. The van der Waals surface area contributed by atoms with Crippen molar-refractivity contribution in [1.29, 1.82) is 0 Å². The lowest BCUT2D eigenvalue weighted by atomic mass is 10.3. The highest BCUT2D eigenvalue weighted by molar-refractivity contribution is 9.11. The smallest absolute Gasteiger partial charge is 0.163 e. The molecular weight excluding hydrogens is 208 g/mol. The van der Waals surface area contributed by atoms with Gasteiger partial charge in [0.1, 0.15) is 0 Å². The molecule has 0 spiro atoms. The quantitative estimate of drug-likeness (QED) is 0.712. The molecule has 1 aliphatic rings. The van der Waals surface area contributed by atoms with Gasteiger partial charge in [0.15, 0.2) is 5.79 Å². The Morgan fingerprint density at radius 1 is 1.73 bits per heavy atom. The average molecular weight is 221 g/mol. The van der Waals surface area contributed by atoms with Crippen molar-refractivity contribution in [1.82, 2.24) is 0 Å². The number of ether oxygens (including phenoxy) is 2. The summed E-state index contributed by atoms with van der Waals surface area (Å²) in [5.41, 5.74) is 0. The number of rotatable bonds is 2. The van der Waals surface area contributed by atoms with Crippen LogP contribution in [0.1, 0.15) is 20.3 Å². The highest BCUT2D eigenvalue weighted by atomic mass is 79.9. The van der Waals surface area contributed by atoms with Crippen LogP contribution in [0.3, 0.4) is 0 Å². The van der Waals surface area contributed by atoms with E-state index in [1.807, 2.05) is 13.8 Å². The Labute approximate surface area is 75.7 Å². The van der Waals surface area contributed by atoms with E-state index in [1.165, 1.54) is 0 Å². The summed E-state index contributed by atoms with van der Waals surface area (Å²) >= 11 is 3.29. The summed E-state index contributed by atoms with van der Waals surface area (Å²) in [7, 11) is 0. The molecule has 3 heteroatoms. The minimum absolute atomic E-state index is 0.164. The van der Waals surface area contributed by atoms with Gasteiger partial charge < -0.3 is 9.47 Å². The summed E-state index contributed by atoms with van der Waals surface area (Å²) < 4.78 is 11.9. The van der Waals surface area contributed by atoms with Gasteiger partial charge >= 0.3 is 0 Å². The Balaban J connectivity index is 2.36. The van der Waals surface area contributed by atoms with Crippen molar-refractivity contribution in [2.45, 2.75) is 32.2 Å². The van der Waals surface area contributed by atoms with Gasteiger partial charge in [-0.3, -0.25) is 0 Å². The second kappa shape index (κ2) is 3.25. The molecule has 0 aromatic heterocycles. The van der Waals surface area contributed by atoms with Crippen LogP contribution in [0, 0.1) is 0 Å². The fourth-order valence-electron chi connectivity index (χ4n) is 1.11. The first-order valence-electron chi connectivity index (χ1n) is 3.65. The van der Waals surface area contributed by atoms with E-state index < -0.39 is 5.79 Å². The molecule has 1 rings (SSSR count). The lowest BCUT2D eigenvalue weighted by molar-refractivity contribution is -0.137. The Kier molecular flexibility index (Phi) is 2.73. The van der Waals surface area contributed by atoms with Crippen molar-refractivity contribution in [3.63, 3.8) is 0 Å². The van der Waals surface area contributed by atoms with E-state index in [0.29, 0.717) is 6.61 Å². The summed E-state index contributed by atoms with van der Waals surface area (Å²) in [6.45, 7) is 8.25. The minimum Gasteiger partial charge on any atom is -0.348 e. The van der Waals surface area contributed by atoms with Gasteiger partial charge in [-0.25, -0.2) is 0 Å². The van der Waals surface area contributed by atoms with Crippen LogP contribution in [-0.4, -0.2) is 18.5 Å². The van der Waals surface area contributed by atoms with Gasteiger partial charge in [0, 0.05) is 6.42 Å². The zero-order valence-corrected chi connectivity index (χ0v) is 8.48. The first kappa shape index (κ1) is 9.23. The second-order valence-electron chi connectivity index (χ2n) is 3.17. The third-order valence-electron chi connectivity index (χ3n) is 1.52. The Bertz CT molecular complexity index is 165. The second-order valence-corrected chi connectivity index (χ2v) is 4.29. The molecule has 1 atom stereocenters. The first-order chi connectivity index (χ1) is 4.99. The molecule has 11 heavy (non-hydrogen) atoms. The van der Waals surface area contributed by atoms with E-state index in [9.17, 15) is 0 Å². The van der Waals surface area contributed by atoms with Crippen LogP contribution < -0.4 is 0 Å². The molecule has 1 heterocycles. The molecule has 0 saturated carbocycles. The fourth-order valence-corrected chi connectivity index (χ4v) is 1.47. The maximum absolute atomic E-state index is 5.55. The van der Waals surface area contributed by atoms with E-state index in [4.69, 9.17) is 9.47 Å². The van der Waals surface area contributed by atoms with Crippen molar-refractivity contribution in [3.8, 4) is 0 Å². The monoisotopic (exact) mass is 220 g/mol. The Hall–Kier alpha value is 0.140. The lowest BCUT2D eigenvalue weighted by Gasteiger charge is -2.16. The summed E-state index contributed by atoms with van der Waals surface area (Å²) in [5, 5.41) is 0. The molecule has 0 bridgehead atoms. The van der Waals surface area contributed by atoms with Crippen LogP contribution in [0.25, 0.3) is 0 Å². The van der Waals surface area contributed by atoms with Gasteiger partial charge in [-0.1, -0.05) is 22.5 Å². The van der Waals surface area contributed by atoms with Crippen molar-refractivity contribution < 1.29 is 9.47 Å². The summed E-state index contributed by atoms with van der Waals surface area (Å²) in [6, 6.07) is 0. The Morgan fingerprint density at radius 2 is 2.36 bits per heavy atom. The van der Waals surface area contributed by atoms with Gasteiger partial charge in [-0.15, -0.1) is 0 Å². The van der Waals surface area contributed by atoms with Gasteiger partial charge in [-0.2, -0.15) is 0 Å². The van der Waals surface area contributed by atoms with Crippen LogP contribution in [0.15, 0.2) is 11.1 Å². The first-order valence-corrected chi connectivity index (χ1v) is 4.44. The predicted molar refractivity (Wildman–Crippen MR) is 47.6 cm³/mol. The third-order valence-corrected chi connectivity index (χ3v) is 1.84. The van der Waals surface area contributed by atoms with Crippen molar-refractivity contribution >= 4 is 15.9 Å². The maximum Gasteiger partial charge on any atom is 0.163 e. The van der Waals surface area contributed by atoms with E-state index in [-0.39, 0.29) is 6.10 Å². The van der Waals surface area contributed by atoms with E-state index >= 15 is 0 Å². The van der Waals surface area contributed by atoms with Gasteiger partial charge in [-0.05, 0) is 18.3 Å². The molecule has 1 aliphatic heterocycles. The third kappa shape index (κ3) is 2.93. The van der Waals surface area contributed by atoms with E-state index in [1.54, 1.807) is 0 Å². The lowest BCUT2D eigenvalue weighted by Crippen LogP contribution is -2.21. The van der Waals surface area contributed by atoms with Crippen LogP contribution in [0.2, 0.25) is 0 Å². The molecule has 0 amide bonds. The van der Waals surface area contributed by atoms with Crippen LogP contribution >= 0.6 is 15.9 Å². The molecule has 2 nitrogen and oxygen atoms in total. The molecule has 64 valence electrons. The zero-order chi connectivity index (χ0) is 8.48. The van der Waals surface area contributed by atoms with Crippen molar-refractivity contribution in [3.05, 3.63) is 11.1 Å². The summed E-state index contributed by atoms with van der Waals surface area (Å²) in [6.07, 6.45) is 0.987. The largest absolute Gasteiger partial charge is 0.348 e. The van der Waals surface area contributed by atoms with Gasteiger partial charge in [0.05, 0.1) is 12.7 Å². The molecule has 0 aliphatic carbocycles. The number of halogens is 1. The Morgan fingerprint density at radius 3 is 2.73 bits per heavy atom. The molecule has 0 unspecified atom stereocenters. The van der Waals surface area contributed by atoms with E-state index in [2.05, 4.69) is 22.5 Å². The van der Waals surface area contributed by atoms with Crippen molar-refractivity contribution in [2.75, 3.05) is 6.61 Å². The SMILES string of the molecule is C=C(Br)C[C@H]1COC(C)(C)O1. The summed E-state index contributed by atoms with van der Waals surface area (Å²) in [5.74, 6) is -0.410.